The number of para-hydroxylation sites is 4. The van der Waals surface area contributed by atoms with Crippen LogP contribution in [0.3, 0.4) is 0 Å². The van der Waals surface area contributed by atoms with Gasteiger partial charge >= 0.3 is 0 Å². The molecule has 1 aliphatic rings. The van der Waals surface area contributed by atoms with Gasteiger partial charge in [-0.15, -0.1) is 0 Å². The van der Waals surface area contributed by atoms with E-state index >= 15 is 0 Å². The van der Waals surface area contributed by atoms with Gasteiger partial charge in [-0.2, -0.15) is 0 Å². The highest BCUT2D eigenvalue weighted by Gasteiger charge is 2.30. The van der Waals surface area contributed by atoms with Crippen molar-refractivity contribution in [3.63, 3.8) is 0 Å². The first-order valence-electron chi connectivity index (χ1n) is 9.71. The van der Waals surface area contributed by atoms with E-state index in [-0.39, 0.29) is 43.3 Å². The van der Waals surface area contributed by atoms with Crippen LogP contribution in [0.25, 0.3) is 0 Å². The van der Waals surface area contributed by atoms with Gasteiger partial charge in [-0.3, -0.25) is 19.3 Å². The molecule has 1 heterocycles. The molecule has 2 N–H and O–H groups in total. The molecule has 158 valence electrons. The SMILES string of the molecule is COc1ccccc1NC(=O)CN(C)CC(=O)N1c2ccccc2NC(=O)C[C@@H]1C. The van der Waals surface area contributed by atoms with Gasteiger partial charge in [0.1, 0.15) is 5.75 Å². The summed E-state index contributed by atoms with van der Waals surface area (Å²) in [6.07, 6.45) is 0.207. The molecule has 3 amide bonds. The average Bonchev–Trinajstić information content (AvgIpc) is 2.82. The van der Waals surface area contributed by atoms with E-state index in [4.69, 9.17) is 4.74 Å². The Bertz CT molecular complexity index is 946. The number of carbonyl (C=O) groups is 3. The quantitative estimate of drug-likeness (QED) is 0.763. The van der Waals surface area contributed by atoms with Crippen molar-refractivity contribution >= 4 is 34.8 Å². The Hall–Kier alpha value is -3.39. The lowest BCUT2D eigenvalue weighted by atomic mass is 10.1. The minimum absolute atomic E-state index is 0.0326. The third-order valence-electron chi connectivity index (χ3n) is 4.83. The Morgan fingerprint density at radius 2 is 1.87 bits per heavy atom. The standard InChI is InChI=1S/C22H26N4O4/c1-15-12-20(27)23-16-8-4-6-10-18(16)26(15)22(29)14-25(2)13-21(28)24-17-9-5-7-11-19(17)30-3/h4-11,15H,12-14H2,1-3H3,(H,23,27)(H,24,28)/t15-/m0/s1. The van der Waals surface area contributed by atoms with Crippen LogP contribution in [-0.4, -0.2) is 55.9 Å². The largest absolute Gasteiger partial charge is 0.495 e. The van der Waals surface area contributed by atoms with Crippen LogP contribution in [0.1, 0.15) is 13.3 Å². The molecule has 0 saturated carbocycles. The maximum atomic E-state index is 13.1. The number of nitrogens with zero attached hydrogens (tertiary/aromatic N) is 2. The number of benzene rings is 2. The molecule has 3 rings (SSSR count). The van der Waals surface area contributed by atoms with Gasteiger partial charge in [0, 0.05) is 12.5 Å². The zero-order valence-corrected chi connectivity index (χ0v) is 17.3. The predicted molar refractivity (Wildman–Crippen MR) is 116 cm³/mol. The highest BCUT2D eigenvalue weighted by molar-refractivity contribution is 6.05. The molecule has 0 saturated heterocycles. The van der Waals surface area contributed by atoms with Crippen LogP contribution in [0.4, 0.5) is 17.1 Å². The van der Waals surface area contributed by atoms with Crippen LogP contribution in [0, 0.1) is 0 Å². The van der Waals surface area contributed by atoms with Crippen molar-refractivity contribution < 1.29 is 19.1 Å². The molecule has 2 aromatic rings. The minimum atomic E-state index is -0.294. The van der Waals surface area contributed by atoms with E-state index < -0.39 is 0 Å². The molecular weight excluding hydrogens is 384 g/mol. The lowest BCUT2D eigenvalue weighted by Crippen LogP contribution is -2.45. The van der Waals surface area contributed by atoms with E-state index in [1.54, 1.807) is 41.1 Å². The van der Waals surface area contributed by atoms with Crippen molar-refractivity contribution in [1.82, 2.24) is 4.90 Å². The first-order chi connectivity index (χ1) is 14.4. The number of rotatable bonds is 6. The maximum absolute atomic E-state index is 13.1. The van der Waals surface area contributed by atoms with Gasteiger partial charge in [-0.05, 0) is 38.2 Å². The molecule has 1 aliphatic heterocycles. The van der Waals surface area contributed by atoms with Crippen LogP contribution in [0.5, 0.6) is 5.75 Å². The van der Waals surface area contributed by atoms with Crippen LogP contribution in [0.2, 0.25) is 0 Å². The molecule has 1 atom stereocenters. The molecule has 0 spiro atoms. The second-order valence-corrected chi connectivity index (χ2v) is 7.30. The van der Waals surface area contributed by atoms with E-state index in [1.807, 2.05) is 31.2 Å². The van der Waals surface area contributed by atoms with Gasteiger partial charge in [0.15, 0.2) is 0 Å². The Labute approximate surface area is 175 Å². The lowest BCUT2D eigenvalue weighted by Gasteiger charge is -2.29. The predicted octanol–water partition coefficient (Wildman–Crippen LogP) is 2.33. The van der Waals surface area contributed by atoms with Crippen molar-refractivity contribution in [2.45, 2.75) is 19.4 Å². The number of fused-ring (bicyclic) bond motifs is 1. The Morgan fingerprint density at radius 3 is 2.63 bits per heavy atom. The van der Waals surface area contributed by atoms with Gasteiger partial charge in [-0.25, -0.2) is 0 Å². The first-order valence-corrected chi connectivity index (χ1v) is 9.71. The molecule has 0 aromatic heterocycles. The number of hydrogen-bond acceptors (Lipinski definition) is 5. The Balaban J connectivity index is 1.66. The second-order valence-electron chi connectivity index (χ2n) is 7.30. The van der Waals surface area contributed by atoms with Crippen LogP contribution in [-0.2, 0) is 14.4 Å². The zero-order valence-electron chi connectivity index (χ0n) is 17.3. The van der Waals surface area contributed by atoms with Crippen molar-refractivity contribution in [2.24, 2.45) is 0 Å². The van der Waals surface area contributed by atoms with E-state index in [1.165, 1.54) is 7.11 Å². The second kappa shape index (κ2) is 9.41. The highest BCUT2D eigenvalue weighted by Crippen LogP contribution is 2.31. The molecule has 8 heteroatoms. The Kier molecular flexibility index (Phi) is 6.68. The smallest absolute Gasteiger partial charge is 0.241 e. The fraction of sp³-hybridized carbons (Fsp3) is 0.318. The Morgan fingerprint density at radius 1 is 1.17 bits per heavy atom. The van der Waals surface area contributed by atoms with Gasteiger partial charge < -0.3 is 20.3 Å². The van der Waals surface area contributed by atoms with Crippen molar-refractivity contribution in [2.75, 3.05) is 42.8 Å². The third-order valence-corrected chi connectivity index (χ3v) is 4.83. The fourth-order valence-corrected chi connectivity index (χ4v) is 3.51. The molecule has 30 heavy (non-hydrogen) atoms. The number of likely N-dealkylation sites (N-methyl/N-ethyl adjacent to an activating group) is 1. The number of ether oxygens (including phenoxy) is 1. The highest BCUT2D eigenvalue weighted by atomic mass is 16.5. The third kappa shape index (κ3) is 4.96. The van der Waals surface area contributed by atoms with Gasteiger partial charge in [0.05, 0.1) is 37.3 Å². The summed E-state index contributed by atoms with van der Waals surface area (Å²) < 4.78 is 5.24. The fourth-order valence-electron chi connectivity index (χ4n) is 3.51. The lowest BCUT2D eigenvalue weighted by molar-refractivity contribution is -0.121. The number of methoxy groups -OCH3 is 1. The summed E-state index contributed by atoms with van der Waals surface area (Å²) in [5.74, 6) is 0.00142. The number of hydrogen-bond donors (Lipinski definition) is 2. The average molecular weight is 410 g/mol. The van der Waals surface area contributed by atoms with Crippen molar-refractivity contribution in [3.8, 4) is 5.75 Å². The summed E-state index contributed by atoms with van der Waals surface area (Å²) in [5, 5.41) is 5.64. The van der Waals surface area contributed by atoms with Crippen LogP contribution < -0.4 is 20.3 Å². The van der Waals surface area contributed by atoms with Crippen molar-refractivity contribution in [1.29, 1.82) is 0 Å². The molecule has 8 nitrogen and oxygen atoms in total. The first kappa shape index (κ1) is 21.3. The van der Waals surface area contributed by atoms with Crippen LogP contribution >= 0.6 is 0 Å². The summed E-state index contributed by atoms with van der Waals surface area (Å²) in [6, 6.07) is 14.1. The van der Waals surface area contributed by atoms with E-state index in [0.717, 1.165) is 0 Å². The van der Waals surface area contributed by atoms with Gasteiger partial charge in [0.2, 0.25) is 17.7 Å². The summed E-state index contributed by atoms with van der Waals surface area (Å²) in [5.41, 5.74) is 1.84. The number of carbonyl (C=O) groups excluding carboxylic acids is 3. The summed E-state index contributed by atoms with van der Waals surface area (Å²) >= 11 is 0. The van der Waals surface area contributed by atoms with Crippen molar-refractivity contribution in [3.05, 3.63) is 48.5 Å². The van der Waals surface area contributed by atoms with Gasteiger partial charge in [-0.1, -0.05) is 24.3 Å². The summed E-state index contributed by atoms with van der Waals surface area (Å²) in [6.45, 7) is 1.91. The van der Waals surface area contributed by atoms with Gasteiger partial charge in [0.25, 0.3) is 0 Å². The molecular formula is C22H26N4O4. The summed E-state index contributed by atoms with van der Waals surface area (Å²) in [4.78, 5) is 40.9. The molecule has 0 fully saturated rings. The monoisotopic (exact) mass is 410 g/mol. The molecule has 0 radical (unpaired) electrons. The minimum Gasteiger partial charge on any atom is -0.495 e. The van der Waals surface area contributed by atoms with E-state index in [2.05, 4.69) is 10.6 Å². The molecule has 0 unspecified atom stereocenters. The number of anilines is 3. The van der Waals surface area contributed by atoms with Crippen LogP contribution in [0.15, 0.2) is 48.5 Å². The maximum Gasteiger partial charge on any atom is 0.241 e. The molecule has 0 bridgehead atoms. The molecule has 0 aliphatic carbocycles. The topological polar surface area (TPSA) is 91.0 Å². The van der Waals surface area contributed by atoms with E-state index in [0.29, 0.717) is 22.8 Å². The normalized spacial score (nSPS) is 15.8. The summed E-state index contributed by atoms with van der Waals surface area (Å²) in [7, 11) is 3.24. The number of amides is 3. The van der Waals surface area contributed by atoms with E-state index in [9.17, 15) is 14.4 Å². The zero-order chi connectivity index (χ0) is 21.7. The molecule has 2 aromatic carbocycles. The number of nitrogens with one attached hydrogen (secondary N) is 2.